The highest BCUT2D eigenvalue weighted by Crippen LogP contribution is 2.25. The lowest BCUT2D eigenvalue weighted by Gasteiger charge is -2.16. The lowest BCUT2D eigenvalue weighted by molar-refractivity contribution is -0.133. The first kappa shape index (κ1) is 21.8. The van der Waals surface area contributed by atoms with E-state index in [1.165, 1.54) is 36.3 Å². The van der Waals surface area contributed by atoms with Crippen molar-refractivity contribution >= 4 is 40.7 Å². The number of aromatic nitrogens is 1. The second-order valence-corrected chi connectivity index (χ2v) is 7.37. The van der Waals surface area contributed by atoms with Crippen LogP contribution in [0.5, 0.6) is 0 Å². The van der Waals surface area contributed by atoms with Gasteiger partial charge in [-0.1, -0.05) is 23.2 Å². The number of likely N-dealkylation sites (N-methyl/N-ethyl adjacent to an activating group) is 1. The average molecular weight is 450 g/mol. The molecular weight excluding hydrogens is 432 g/mol. The molecule has 0 aliphatic heterocycles. The van der Waals surface area contributed by atoms with Crippen molar-refractivity contribution in [2.75, 3.05) is 18.9 Å². The molecule has 1 aromatic heterocycles. The van der Waals surface area contributed by atoms with Gasteiger partial charge in [-0.3, -0.25) is 9.59 Å². The minimum absolute atomic E-state index is 0.120. The number of halogens is 3. The fraction of sp³-hybridized carbons (Fsp3) is 0.190. The molecule has 3 aromatic rings. The van der Waals surface area contributed by atoms with E-state index in [9.17, 15) is 14.0 Å². The first-order valence-corrected chi connectivity index (χ1v) is 9.77. The monoisotopic (exact) mass is 449 g/mol. The van der Waals surface area contributed by atoms with E-state index in [1.807, 2.05) is 0 Å². The van der Waals surface area contributed by atoms with Crippen LogP contribution in [-0.4, -0.2) is 35.3 Å². The lowest BCUT2D eigenvalue weighted by atomic mass is 10.2. The number of anilines is 1. The zero-order chi connectivity index (χ0) is 21.7. The topological polar surface area (TPSA) is 75.4 Å². The van der Waals surface area contributed by atoms with E-state index < -0.39 is 0 Å². The average Bonchev–Trinajstić information content (AvgIpc) is 3.18. The van der Waals surface area contributed by atoms with Gasteiger partial charge in [-0.05, 0) is 42.5 Å². The Morgan fingerprint density at radius 2 is 1.87 bits per heavy atom. The Bertz CT molecular complexity index is 1050. The Morgan fingerprint density at radius 1 is 1.13 bits per heavy atom. The summed E-state index contributed by atoms with van der Waals surface area (Å²) < 4.78 is 18.6. The summed E-state index contributed by atoms with van der Waals surface area (Å²) in [5.74, 6) is -0.0572. The smallest absolute Gasteiger partial charge is 0.243 e. The number of nitrogens with one attached hydrogen (secondary N) is 1. The van der Waals surface area contributed by atoms with E-state index >= 15 is 0 Å². The van der Waals surface area contributed by atoms with Gasteiger partial charge in [0.05, 0.1) is 22.8 Å². The highest BCUT2D eigenvalue weighted by atomic mass is 35.5. The van der Waals surface area contributed by atoms with Crippen LogP contribution in [0.15, 0.2) is 53.1 Å². The molecule has 3 rings (SSSR count). The maximum atomic E-state index is 13.0. The van der Waals surface area contributed by atoms with Gasteiger partial charge in [-0.15, -0.1) is 0 Å². The molecule has 0 aliphatic carbocycles. The summed E-state index contributed by atoms with van der Waals surface area (Å²) in [6.07, 6.45) is 1.93. The van der Waals surface area contributed by atoms with Gasteiger partial charge in [0.15, 0.2) is 11.7 Å². The number of nitrogens with zero attached hydrogens (tertiary/aromatic N) is 2. The maximum Gasteiger partial charge on any atom is 0.243 e. The molecule has 2 amide bonds. The van der Waals surface area contributed by atoms with Crippen molar-refractivity contribution in [1.82, 2.24) is 9.88 Å². The van der Waals surface area contributed by atoms with Crippen molar-refractivity contribution in [3.8, 4) is 11.3 Å². The Balaban J connectivity index is 1.49. The Morgan fingerprint density at radius 3 is 2.57 bits per heavy atom. The summed E-state index contributed by atoms with van der Waals surface area (Å²) in [6.45, 7) is -0.120. The lowest BCUT2D eigenvalue weighted by Crippen LogP contribution is -2.35. The predicted octanol–water partition coefficient (Wildman–Crippen LogP) is 4.82. The van der Waals surface area contributed by atoms with Crippen LogP contribution in [0.3, 0.4) is 0 Å². The maximum absolute atomic E-state index is 13.0. The molecule has 30 heavy (non-hydrogen) atoms. The first-order valence-electron chi connectivity index (χ1n) is 9.01. The second-order valence-electron chi connectivity index (χ2n) is 6.55. The zero-order valence-electron chi connectivity index (χ0n) is 16.0. The molecule has 1 N–H and O–H groups in total. The van der Waals surface area contributed by atoms with E-state index in [-0.39, 0.29) is 37.0 Å². The number of rotatable bonds is 7. The van der Waals surface area contributed by atoms with Crippen LogP contribution in [0, 0.1) is 5.82 Å². The van der Waals surface area contributed by atoms with E-state index in [1.54, 1.807) is 24.3 Å². The van der Waals surface area contributed by atoms with E-state index in [0.29, 0.717) is 32.9 Å². The summed E-state index contributed by atoms with van der Waals surface area (Å²) in [5, 5.41) is 3.37. The van der Waals surface area contributed by atoms with Crippen LogP contribution in [0.25, 0.3) is 11.3 Å². The van der Waals surface area contributed by atoms with Crippen LogP contribution in [0.4, 0.5) is 10.1 Å². The quantitative estimate of drug-likeness (QED) is 0.560. The van der Waals surface area contributed by atoms with Gasteiger partial charge in [0.2, 0.25) is 11.8 Å². The molecule has 0 unspecified atom stereocenters. The minimum Gasteiger partial charge on any atom is -0.441 e. The summed E-state index contributed by atoms with van der Waals surface area (Å²) in [4.78, 5) is 29.9. The van der Waals surface area contributed by atoms with Gasteiger partial charge >= 0.3 is 0 Å². The molecule has 0 spiro atoms. The predicted molar refractivity (Wildman–Crippen MR) is 113 cm³/mol. The van der Waals surface area contributed by atoms with Gasteiger partial charge in [-0.2, -0.15) is 0 Å². The summed E-state index contributed by atoms with van der Waals surface area (Å²) in [7, 11) is 1.54. The van der Waals surface area contributed by atoms with Crippen molar-refractivity contribution in [3.63, 3.8) is 0 Å². The fourth-order valence-electron chi connectivity index (χ4n) is 2.66. The third kappa shape index (κ3) is 5.81. The number of carbonyl (C=O) groups excluding carboxylic acids is 2. The number of amides is 2. The number of hydrogen-bond donors (Lipinski definition) is 1. The molecule has 0 saturated heterocycles. The van der Waals surface area contributed by atoms with Crippen LogP contribution >= 0.6 is 23.2 Å². The number of carbonyl (C=O) groups is 2. The van der Waals surface area contributed by atoms with Gasteiger partial charge < -0.3 is 14.6 Å². The third-order valence-electron chi connectivity index (χ3n) is 4.24. The van der Waals surface area contributed by atoms with Gasteiger partial charge in [0, 0.05) is 31.1 Å². The third-order valence-corrected chi connectivity index (χ3v) is 4.98. The van der Waals surface area contributed by atoms with E-state index in [0.717, 1.165) is 0 Å². The number of aryl methyl sites for hydroxylation is 1. The Hall–Kier alpha value is -2.90. The molecule has 156 valence electrons. The minimum atomic E-state index is -0.362. The normalized spacial score (nSPS) is 10.7. The molecule has 0 radical (unpaired) electrons. The highest BCUT2D eigenvalue weighted by molar-refractivity contribution is 6.42. The molecule has 0 bridgehead atoms. The Kier molecular flexibility index (Phi) is 7.07. The van der Waals surface area contributed by atoms with Crippen molar-refractivity contribution in [2.45, 2.75) is 12.8 Å². The van der Waals surface area contributed by atoms with Gasteiger partial charge in [0.25, 0.3) is 0 Å². The van der Waals surface area contributed by atoms with Crippen molar-refractivity contribution in [3.05, 3.63) is 70.4 Å². The molecule has 0 aliphatic rings. The highest BCUT2D eigenvalue weighted by Gasteiger charge is 2.15. The standard InChI is InChI=1S/C21H18Cl2FN3O3/c1-27(12-19(28)26-15-6-7-16(22)17(23)10-15)21(29)9-8-20-25-11-18(30-20)13-2-4-14(24)5-3-13/h2-7,10-11H,8-9,12H2,1H3,(H,26,28). The van der Waals surface area contributed by atoms with Crippen LogP contribution in [0.2, 0.25) is 10.0 Å². The SMILES string of the molecule is CN(CC(=O)Nc1ccc(Cl)c(Cl)c1)C(=O)CCc1ncc(-c2ccc(F)cc2)o1. The largest absolute Gasteiger partial charge is 0.441 e. The molecule has 2 aromatic carbocycles. The summed E-state index contributed by atoms with van der Waals surface area (Å²) in [6, 6.07) is 10.6. The first-order chi connectivity index (χ1) is 14.3. The molecule has 6 nitrogen and oxygen atoms in total. The molecule has 0 atom stereocenters. The second kappa shape index (κ2) is 9.73. The number of hydrogen-bond acceptors (Lipinski definition) is 4. The molecule has 1 heterocycles. The summed E-state index contributed by atoms with van der Waals surface area (Å²) in [5.41, 5.74) is 1.18. The van der Waals surface area contributed by atoms with Crippen molar-refractivity contribution in [2.24, 2.45) is 0 Å². The van der Waals surface area contributed by atoms with E-state index in [4.69, 9.17) is 27.6 Å². The Labute approximate surface area is 182 Å². The fourth-order valence-corrected chi connectivity index (χ4v) is 2.95. The van der Waals surface area contributed by atoms with Crippen LogP contribution < -0.4 is 5.32 Å². The summed E-state index contributed by atoms with van der Waals surface area (Å²) >= 11 is 11.8. The van der Waals surface area contributed by atoms with Gasteiger partial charge in [0.1, 0.15) is 5.82 Å². The van der Waals surface area contributed by atoms with Crippen molar-refractivity contribution in [1.29, 1.82) is 0 Å². The van der Waals surface area contributed by atoms with Crippen LogP contribution in [-0.2, 0) is 16.0 Å². The molecule has 0 saturated carbocycles. The zero-order valence-corrected chi connectivity index (χ0v) is 17.5. The van der Waals surface area contributed by atoms with Gasteiger partial charge in [-0.25, -0.2) is 9.37 Å². The van der Waals surface area contributed by atoms with Crippen LogP contribution in [0.1, 0.15) is 12.3 Å². The number of oxazole rings is 1. The molecular formula is C21H18Cl2FN3O3. The molecule has 0 fully saturated rings. The van der Waals surface area contributed by atoms with Crippen molar-refractivity contribution < 1.29 is 18.4 Å². The van der Waals surface area contributed by atoms with E-state index in [2.05, 4.69) is 10.3 Å². The number of benzene rings is 2. The molecule has 9 heteroatoms.